The minimum atomic E-state index is -1.36. The average Bonchev–Trinajstić information content (AvgIpc) is 2.30. The van der Waals surface area contributed by atoms with E-state index in [0.29, 0.717) is 0 Å². The first-order valence-electron chi connectivity index (χ1n) is 2.52. The first-order chi connectivity index (χ1) is 4.73. The highest BCUT2D eigenvalue weighted by molar-refractivity contribution is 9.39. The number of alkyl halides is 6. The highest BCUT2D eigenvalue weighted by atomic mass is 80.0. The average molecular weight is 412 g/mol. The summed E-state index contributed by atoms with van der Waals surface area (Å²) in [6.07, 6.45) is -0.541. The molecule has 1 heterocycles. The molecule has 1 fully saturated rings. The van der Waals surface area contributed by atoms with Crippen molar-refractivity contribution < 1.29 is 4.74 Å². The topological polar surface area (TPSA) is 12.5 Å². The zero-order valence-corrected chi connectivity index (χ0v) is 11.9. The van der Waals surface area contributed by atoms with Gasteiger partial charge in [0.25, 0.3) is 0 Å². The molecule has 1 aliphatic heterocycles. The van der Waals surface area contributed by atoms with Gasteiger partial charge in [0.1, 0.15) is 12.2 Å². The summed E-state index contributed by atoms with van der Waals surface area (Å²) in [5.74, 6) is 0. The van der Waals surface area contributed by atoms with E-state index in [-0.39, 0.29) is 12.2 Å². The lowest BCUT2D eigenvalue weighted by molar-refractivity contribution is 0.378. The maximum absolute atomic E-state index is 5.57. The van der Waals surface area contributed by atoms with Gasteiger partial charge in [-0.3, -0.25) is 0 Å². The quantitative estimate of drug-likeness (QED) is 0.434. The summed E-state index contributed by atoms with van der Waals surface area (Å²) in [6.45, 7) is 0. The smallest absolute Gasteiger partial charge is 0.218 e. The van der Waals surface area contributed by atoms with E-state index in [9.17, 15) is 0 Å². The SMILES string of the molecule is ClC(Cl)(Cl)C1OC1C(Br)(Br)Br. The fourth-order valence-electron chi connectivity index (χ4n) is 0.610. The molecule has 0 radical (unpaired) electrons. The molecule has 0 spiro atoms. The standard InChI is InChI=1S/C4H2Br3Cl3O/c5-3(6,7)1-2(11-1)4(8,9)10/h1-2H. The number of rotatable bonds is 0. The largest absolute Gasteiger partial charge is 0.361 e. The molecule has 0 N–H and O–H groups in total. The van der Waals surface area contributed by atoms with Crippen LogP contribution in [0.1, 0.15) is 0 Å². The number of ether oxygens (including phenoxy) is 1. The second-order valence-electron chi connectivity index (χ2n) is 2.06. The van der Waals surface area contributed by atoms with E-state index in [1.54, 1.807) is 0 Å². The third-order valence-electron chi connectivity index (χ3n) is 1.14. The fraction of sp³-hybridized carbons (Fsp3) is 1.00. The predicted octanol–water partition coefficient (Wildman–Crippen LogP) is 3.96. The maximum Gasteiger partial charge on any atom is 0.218 e. The first kappa shape index (κ1) is 11.3. The molecule has 1 nitrogen and oxygen atoms in total. The van der Waals surface area contributed by atoms with Crippen molar-refractivity contribution in [1.82, 2.24) is 0 Å². The van der Waals surface area contributed by atoms with Gasteiger partial charge >= 0.3 is 0 Å². The summed E-state index contributed by atoms with van der Waals surface area (Å²) in [4.78, 5) is 0. The van der Waals surface area contributed by atoms with E-state index >= 15 is 0 Å². The van der Waals surface area contributed by atoms with Gasteiger partial charge in [-0.1, -0.05) is 82.6 Å². The van der Waals surface area contributed by atoms with Gasteiger partial charge in [-0.05, 0) is 0 Å². The van der Waals surface area contributed by atoms with E-state index in [1.165, 1.54) is 0 Å². The van der Waals surface area contributed by atoms with Gasteiger partial charge in [0.15, 0.2) is 2.14 Å². The third-order valence-corrected chi connectivity index (χ3v) is 3.14. The summed E-state index contributed by atoms with van der Waals surface area (Å²) in [6, 6.07) is 0. The Morgan fingerprint density at radius 2 is 1.45 bits per heavy atom. The van der Waals surface area contributed by atoms with Gasteiger partial charge in [-0.25, -0.2) is 0 Å². The van der Waals surface area contributed by atoms with Crippen LogP contribution in [0.25, 0.3) is 0 Å². The maximum atomic E-state index is 5.57. The zero-order valence-electron chi connectivity index (χ0n) is 4.83. The van der Waals surface area contributed by atoms with Crippen LogP contribution < -0.4 is 0 Å². The van der Waals surface area contributed by atoms with Crippen molar-refractivity contribution in [1.29, 1.82) is 0 Å². The third kappa shape index (κ3) is 3.15. The van der Waals surface area contributed by atoms with E-state index in [1.807, 2.05) is 0 Å². The predicted molar refractivity (Wildman–Crippen MR) is 58.5 cm³/mol. The molecule has 11 heavy (non-hydrogen) atoms. The Hall–Kier alpha value is 2.27. The van der Waals surface area contributed by atoms with Gasteiger partial charge in [-0.2, -0.15) is 0 Å². The molecule has 1 saturated heterocycles. The lowest BCUT2D eigenvalue weighted by Crippen LogP contribution is -2.21. The molecular formula is C4H2Br3Cl3O. The number of epoxide rings is 1. The Morgan fingerprint density at radius 3 is 1.55 bits per heavy atom. The monoisotopic (exact) mass is 408 g/mol. The minimum absolute atomic E-state index is 0.171. The van der Waals surface area contributed by atoms with Crippen LogP contribution in [0.2, 0.25) is 0 Å². The molecule has 0 bridgehead atoms. The molecule has 1 aliphatic rings. The molecule has 0 amide bonds. The van der Waals surface area contributed by atoms with Crippen LogP contribution in [-0.2, 0) is 4.74 Å². The van der Waals surface area contributed by atoms with Gasteiger partial charge in [0, 0.05) is 0 Å². The number of hydrogen-bond donors (Lipinski definition) is 0. The Labute approximate surface area is 104 Å². The molecule has 0 aromatic rings. The van der Waals surface area contributed by atoms with Gasteiger partial charge in [0.05, 0.1) is 0 Å². The lowest BCUT2D eigenvalue weighted by Gasteiger charge is -2.10. The highest BCUT2D eigenvalue weighted by Crippen LogP contribution is 2.54. The Kier molecular flexibility index (Phi) is 3.55. The molecule has 0 aliphatic carbocycles. The second kappa shape index (κ2) is 3.44. The molecule has 2 atom stereocenters. The molecular weight excluding hydrogens is 410 g/mol. The van der Waals surface area contributed by atoms with Crippen LogP contribution in [0, 0.1) is 0 Å². The van der Waals surface area contributed by atoms with Crippen LogP contribution in [0.4, 0.5) is 0 Å². The normalized spacial score (nSPS) is 32.2. The summed E-state index contributed by atoms with van der Waals surface area (Å²) < 4.78 is 3.26. The minimum Gasteiger partial charge on any atom is -0.361 e. The van der Waals surface area contributed by atoms with Crippen LogP contribution >= 0.6 is 82.6 Å². The van der Waals surface area contributed by atoms with Crippen molar-refractivity contribution >= 4 is 82.6 Å². The van der Waals surface area contributed by atoms with Crippen molar-refractivity contribution in [2.75, 3.05) is 0 Å². The van der Waals surface area contributed by atoms with Crippen molar-refractivity contribution in [3.05, 3.63) is 0 Å². The van der Waals surface area contributed by atoms with Crippen molar-refractivity contribution in [3.8, 4) is 0 Å². The highest BCUT2D eigenvalue weighted by Gasteiger charge is 2.60. The second-order valence-corrected chi connectivity index (χ2v) is 11.4. The Bertz CT molecular complexity index is 145. The van der Waals surface area contributed by atoms with Gasteiger partial charge in [0.2, 0.25) is 3.79 Å². The van der Waals surface area contributed by atoms with E-state index in [2.05, 4.69) is 47.8 Å². The van der Waals surface area contributed by atoms with E-state index in [4.69, 9.17) is 39.5 Å². The van der Waals surface area contributed by atoms with Crippen molar-refractivity contribution in [2.24, 2.45) is 0 Å². The molecule has 2 unspecified atom stereocenters. The Morgan fingerprint density at radius 1 is 1.00 bits per heavy atom. The van der Waals surface area contributed by atoms with Crippen LogP contribution in [-0.4, -0.2) is 18.1 Å². The van der Waals surface area contributed by atoms with Crippen LogP contribution in [0.5, 0.6) is 0 Å². The zero-order chi connectivity index (χ0) is 8.86. The summed E-state index contributed by atoms with van der Waals surface area (Å²) in [7, 11) is 0. The van der Waals surface area contributed by atoms with Gasteiger partial charge < -0.3 is 4.74 Å². The fourth-order valence-corrected chi connectivity index (χ4v) is 2.15. The summed E-state index contributed by atoms with van der Waals surface area (Å²) in [5.41, 5.74) is 0. The lowest BCUT2D eigenvalue weighted by atomic mass is 10.4. The van der Waals surface area contributed by atoms with Crippen molar-refractivity contribution in [3.63, 3.8) is 0 Å². The van der Waals surface area contributed by atoms with Crippen LogP contribution in [0.3, 0.4) is 0 Å². The summed E-state index contributed by atoms with van der Waals surface area (Å²) in [5, 5.41) is 0. The molecule has 7 heteroatoms. The van der Waals surface area contributed by atoms with Crippen molar-refractivity contribution in [2.45, 2.75) is 18.1 Å². The van der Waals surface area contributed by atoms with Crippen LogP contribution in [0.15, 0.2) is 0 Å². The number of halogens is 6. The molecule has 0 saturated carbocycles. The molecule has 66 valence electrons. The van der Waals surface area contributed by atoms with E-state index in [0.717, 1.165) is 0 Å². The Balaban J connectivity index is 2.51. The first-order valence-corrected chi connectivity index (χ1v) is 6.03. The molecule has 0 aromatic carbocycles. The summed E-state index contributed by atoms with van der Waals surface area (Å²) >= 11 is 26.5. The number of hydrogen-bond acceptors (Lipinski definition) is 1. The molecule has 1 rings (SSSR count). The van der Waals surface area contributed by atoms with Gasteiger partial charge in [-0.15, -0.1) is 0 Å². The molecule has 0 aromatic heterocycles. The van der Waals surface area contributed by atoms with E-state index < -0.39 is 5.94 Å².